The first kappa shape index (κ1) is 12.5. The van der Waals surface area contributed by atoms with E-state index in [2.05, 4.69) is 32.2 Å². The molecule has 0 spiro atoms. The van der Waals surface area contributed by atoms with Gasteiger partial charge in [0.05, 0.1) is 6.07 Å². The average molecular weight is 208 g/mol. The van der Waals surface area contributed by atoms with Crippen LogP contribution in [0.1, 0.15) is 59.3 Å². The molecule has 1 aliphatic carbocycles. The molecule has 0 aromatic rings. The van der Waals surface area contributed by atoms with E-state index in [0.717, 1.165) is 13.0 Å². The van der Waals surface area contributed by atoms with Gasteiger partial charge in [0.1, 0.15) is 0 Å². The fraction of sp³-hybridized carbons (Fsp3) is 0.923. The van der Waals surface area contributed by atoms with Gasteiger partial charge in [0.15, 0.2) is 0 Å². The van der Waals surface area contributed by atoms with Gasteiger partial charge in [-0.3, -0.25) is 0 Å². The molecule has 1 saturated carbocycles. The van der Waals surface area contributed by atoms with Gasteiger partial charge in [-0.1, -0.05) is 20.8 Å². The van der Waals surface area contributed by atoms with Crippen molar-refractivity contribution in [3.63, 3.8) is 0 Å². The smallest absolute Gasteiger partial charge is 0.0621 e. The van der Waals surface area contributed by atoms with Crippen LogP contribution in [-0.4, -0.2) is 12.1 Å². The van der Waals surface area contributed by atoms with Crippen LogP contribution in [0, 0.1) is 16.7 Å². The molecule has 0 bridgehead atoms. The third-order valence-electron chi connectivity index (χ3n) is 3.84. The van der Waals surface area contributed by atoms with E-state index in [-0.39, 0.29) is 5.41 Å². The van der Waals surface area contributed by atoms with E-state index in [1.54, 1.807) is 0 Å². The molecule has 0 unspecified atom stereocenters. The molecule has 15 heavy (non-hydrogen) atoms. The van der Waals surface area contributed by atoms with Gasteiger partial charge in [0.25, 0.3) is 0 Å². The van der Waals surface area contributed by atoms with Crippen LogP contribution in [0.25, 0.3) is 0 Å². The van der Waals surface area contributed by atoms with Crippen molar-refractivity contribution in [1.82, 2.24) is 5.32 Å². The van der Waals surface area contributed by atoms with E-state index in [9.17, 15) is 0 Å². The molecule has 2 nitrogen and oxygen atoms in total. The van der Waals surface area contributed by atoms with Gasteiger partial charge in [-0.2, -0.15) is 5.26 Å². The Morgan fingerprint density at radius 1 is 1.40 bits per heavy atom. The van der Waals surface area contributed by atoms with Gasteiger partial charge in [0.2, 0.25) is 0 Å². The Morgan fingerprint density at radius 3 is 2.47 bits per heavy atom. The molecule has 1 fully saturated rings. The summed E-state index contributed by atoms with van der Waals surface area (Å²) in [7, 11) is 0. The van der Waals surface area contributed by atoms with Crippen molar-refractivity contribution in [2.24, 2.45) is 5.41 Å². The molecule has 0 aromatic heterocycles. The zero-order chi connectivity index (χ0) is 11.4. The summed E-state index contributed by atoms with van der Waals surface area (Å²) >= 11 is 0. The van der Waals surface area contributed by atoms with Crippen LogP contribution in [0.2, 0.25) is 0 Å². The summed E-state index contributed by atoms with van der Waals surface area (Å²) in [6, 6.07) is 2.24. The van der Waals surface area contributed by atoms with Gasteiger partial charge in [0, 0.05) is 18.5 Å². The lowest BCUT2D eigenvalue weighted by atomic mass is 9.74. The van der Waals surface area contributed by atoms with E-state index in [0.29, 0.717) is 12.0 Å². The molecular formula is C13H24N2. The van der Waals surface area contributed by atoms with E-state index < -0.39 is 0 Å². The minimum atomic E-state index is 0.257. The monoisotopic (exact) mass is 208 g/mol. The lowest BCUT2D eigenvalue weighted by Crippen LogP contribution is -2.53. The second-order valence-electron chi connectivity index (χ2n) is 5.66. The molecule has 0 atom stereocenters. The van der Waals surface area contributed by atoms with Gasteiger partial charge in [-0.15, -0.1) is 0 Å². The highest BCUT2D eigenvalue weighted by Crippen LogP contribution is 2.35. The SMILES string of the molecule is CCC1(NCC(C)(C)CCC#N)CCC1. The average Bonchev–Trinajstić information content (AvgIpc) is 2.14. The molecule has 1 rings (SSSR count). The predicted octanol–water partition coefficient (Wildman–Crippen LogP) is 3.24. The molecule has 0 radical (unpaired) electrons. The minimum absolute atomic E-state index is 0.257. The Kier molecular flexibility index (Phi) is 4.16. The Morgan fingerprint density at radius 2 is 2.07 bits per heavy atom. The third-order valence-corrected chi connectivity index (χ3v) is 3.84. The molecule has 1 N–H and O–H groups in total. The molecule has 86 valence electrons. The summed E-state index contributed by atoms with van der Waals surface area (Å²) in [5.41, 5.74) is 0.692. The summed E-state index contributed by atoms with van der Waals surface area (Å²) in [6.45, 7) is 7.82. The van der Waals surface area contributed by atoms with Crippen molar-refractivity contribution < 1.29 is 0 Å². The van der Waals surface area contributed by atoms with Crippen molar-refractivity contribution in [3.05, 3.63) is 0 Å². The summed E-state index contributed by atoms with van der Waals surface area (Å²) < 4.78 is 0. The number of nitriles is 1. The molecule has 0 amide bonds. The molecule has 0 aromatic carbocycles. The van der Waals surface area contributed by atoms with Gasteiger partial charge >= 0.3 is 0 Å². The zero-order valence-corrected chi connectivity index (χ0v) is 10.4. The van der Waals surface area contributed by atoms with E-state index in [4.69, 9.17) is 5.26 Å². The molecule has 0 saturated heterocycles. The lowest BCUT2D eigenvalue weighted by molar-refractivity contribution is 0.149. The normalized spacial score (nSPS) is 19.3. The number of rotatable bonds is 6. The molecule has 0 heterocycles. The highest BCUT2D eigenvalue weighted by molar-refractivity contribution is 4.96. The Bertz CT molecular complexity index is 228. The summed E-state index contributed by atoms with van der Waals surface area (Å²) in [5.74, 6) is 0. The van der Waals surface area contributed by atoms with Crippen LogP contribution in [0.5, 0.6) is 0 Å². The molecular weight excluding hydrogens is 184 g/mol. The van der Waals surface area contributed by atoms with E-state index in [1.165, 1.54) is 25.7 Å². The first-order valence-electron chi connectivity index (χ1n) is 6.16. The molecule has 0 aliphatic heterocycles. The van der Waals surface area contributed by atoms with Crippen LogP contribution in [0.3, 0.4) is 0 Å². The Balaban J connectivity index is 2.31. The highest BCUT2D eigenvalue weighted by Gasteiger charge is 2.35. The van der Waals surface area contributed by atoms with Gasteiger partial charge in [-0.05, 0) is 37.5 Å². The topological polar surface area (TPSA) is 35.8 Å². The van der Waals surface area contributed by atoms with Crippen molar-refractivity contribution >= 4 is 0 Å². The summed E-state index contributed by atoms with van der Waals surface area (Å²) in [6.07, 6.45) is 6.94. The van der Waals surface area contributed by atoms with Crippen LogP contribution in [-0.2, 0) is 0 Å². The highest BCUT2D eigenvalue weighted by atomic mass is 15.0. The molecule has 2 heteroatoms. The maximum Gasteiger partial charge on any atom is 0.0621 e. The van der Waals surface area contributed by atoms with E-state index in [1.807, 2.05) is 0 Å². The Labute approximate surface area is 94.1 Å². The predicted molar refractivity (Wildman–Crippen MR) is 63.5 cm³/mol. The third kappa shape index (κ3) is 3.50. The van der Waals surface area contributed by atoms with Crippen LogP contribution >= 0.6 is 0 Å². The van der Waals surface area contributed by atoms with Crippen molar-refractivity contribution in [3.8, 4) is 6.07 Å². The minimum Gasteiger partial charge on any atom is -0.311 e. The largest absolute Gasteiger partial charge is 0.311 e. The number of hydrogen-bond donors (Lipinski definition) is 1. The summed E-state index contributed by atoms with van der Waals surface area (Å²) in [4.78, 5) is 0. The zero-order valence-electron chi connectivity index (χ0n) is 10.4. The maximum atomic E-state index is 8.59. The molecule has 1 aliphatic rings. The first-order valence-corrected chi connectivity index (χ1v) is 6.16. The van der Waals surface area contributed by atoms with Crippen molar-refractivity contribution in [1.29, 1.82) is 5.26 Å². The quantitative estimate of drug-likeness (QED) is 0.727. The van der Waals surface area contributed by atoms with Crippen molar-refractivity contribution in [2.75, 3.05) is 6.54 Å². The van der Waals surface area contributed by atoms with E-state index >= 15 is 0 Å². The van der Waals surface area contributed by atoms with Crippen LogP contribution in [0.15, 0.2) is 0 Å². The standard InChI is InChI=1S/C13H24N2/c1-4-13(8-5-9-13)15-11-12(2,3)7-6-10-14/h15H,4-9,11H2,1-3H3. The first-order chi connectivity index (χ1) is 7.04. The second kappa shape index (κ2) is 4.99. The van der Waals surface area contributed by atoms with Crippen molar-refractivity contribution in [2.45, 2.75) is 64.8 Å². The number of nitrogens with one attached hydrogen (secondary N) is 1. The Hall–Kier alpha value is -0.550. The van der Waals surface area contributed by atoms with Gasteiger partial charge < -0.3 is 5.32 Å². The maximum absolute atomic E-state index is 8.59. The van der Waals surface area contributed by atoms with Crippen LogP contribution < -0.4 is 5.32 Å². The number of hydrogen-bond acceptors (Lipinski definition) is 2. The fourth-order valence-corrected chi connectivity index (χ4v) is 2.17. The number of nitrogens with zero attached hydrogens (tertiary/aromatic N) is 1. The van der Waals surface area contributed by atoms with Crippen LogP contribution in [0.4, 0.5) is 0 Å². The fourth-order valence-electron chi connectivity index (χ4n) is 2.17. The lowest BCUT2D eigenvalue weighted by Gasteiger charge is -2.44. The van der Waals surface area contributed by atoms with Gasteiger partial charge in [-0.25, -0.2) is 0 Å². The summed E-state index contributed by atoms with van der Waals surface area (Å²) in [5, 5.41) is 12.3. The second-order valence-corrected chi connectivity index (χ2v) is 5.66.